The molecule has 2 heterocycles. The van der Waals surface area contributed by atoms with E-state index in [1.807, 2.05) is 54.7 Å². The van der Waals surface area contributed by atoms with Crippen LogP contribution in [0.1, 0.15) is 37.6 Å². The first-order valence-corrected chi connectivity index (χ1v) is 11.2. The van der Waals surface area contributed by atoms with Crippen molar-refractivity contribution in [3.63, 3.8) is 0 Å². The fraction of sp³-hybridized carbons (Fsp3) is 0.231. The van der Waals surface area contributed by atoms with E-state index < -0.39 is 6.03 Å². The van der Waals surface area contributed by atoms with E-state index in [2.05, 4.69) is 34.6 Å². The molecule has 0 spiro atoms. The molecule has 0 radical (unpaired) electrons. The minimum Gasteiger partial charge on any atom is -0.491 e. The van der Waals surface area contributed by atoms with Gasteiger partial charge in [-0.15, -0.1) is 5.10 Å². The number of benzene rings is 2. The number of Topliss-reactive ketones (excluding diaryl/α,β-unsaturated/α-hetero) is 1. The van der Waals surface area contributed by atoms with Crippen LogP contribution >= 0.6 is 0 Å². The van der Waals surface area contributed by atoms with Crippen molar-refractivity contribution in [2.24, 2.45) is 5.92 Å². The number of nitrogens with zero attached hydrogens (tertiary/aromatic N) is 3. The Labute approximate surface area is 198 Å². The van der Waals surface area contributed by atoms with Crippen LogP contribution in [-0.2, 0) is 0 Å². The number of amides is 2. The van der Waals surface area contributed by atoms with E-state index in [1.54, 1.807) is 23.6 Å². The zero-order chi connectivity index (χ0) is 24.1. The number of ketones is 1. The number of aromatic nitrogens is 3. The van der Waals surface area contributed by atoms with E-state index >= 15 is 0 Å². The van der Waals surface area contributed by atoms with Gasteiger partial charge in [0.1, 0.15) is 5.75 Å². The standard InChI is InChI=1S/C26H27N5O3/c1-17(2)13-14-34-23-10-5-4-9-22(23)27-26(33)29-25-28-24-12-11-21(16-31(24)30-25)20-8-6-7-19(15-20)18(3)32/h4-12,15-17H,13-14H2,1-3H3,(H2,27,29,30,33). The first-order valence-electron chi connectivity index (χ1n) is 11.2. The second kappa shape index (κ2) is 10.2. The van der Waals surface area contributed by atoms with Gasteiger partial charge in [-0.1, -0.05) is 44.2 Å². The summed E-state index contributed by atoms with van der Waals surface area (Å²) in [5, 5.41) is 9.84. The molecular weight excluding hydrogens is 430 g/mol. The van der Waals surface area contributed by atoms with Crippen LogP contribution in [0.15, 0.2) is 66.9 Å². The maximum atomic E-state index is 12.6. The average molecular weight is 458 g/mol. The minimum atomic E-state index is -0.467. The van der Waals surface area contributed by atoms with Crippen molar-refractivity contribution in [2.45, 2.75) is 27.2 Å². The van der Waals surface area contributed by atoms with E-state index in [9.17, 15) is 9.59 Å². The van der Waals surface area contributed by atoms with Gasteiger partial charge in [-0.05, 0) is 55.2 Å². The van der Waals surface area contributed by atoms with Crippen LogP contribution in [-0.4, -0.2) is 33.0 Å². The number of pyridine rings is 1. The number of hydrogen-bond acceptors (Lipinski definition) is 5. The van der Waals surface area contributed by atoms with Crippen molar-refractivity contribution in [3.05, 3.63) is 72.4 Å². The fourth-order valence-corrected chi connectivity index (χ4v) is 3.38. The monoisotopic (exact) mass is 457 g/mol. The summed E-state index contributed by atoms with van der Waals surface area (Å²) in [4.78, 5) is 28.6. The lowest BCUT2D eigenvalue weighted by Gasteiger charge is -2.13. The number of nitrogens with one attached hydrogen (secondary N) is 2. The molecule has 8 heteroatoms. The number of hydrogen-bond donors (Lipinski definition) is 2. The quantitative estimate of drug-likeness (QED) is 0.332. The Hall–Kier alpha value is -4.20. The molecule has 0 fully saturated rings. The molecule has 174 valence electrons. The second-order valence-electron chi connectivity index (χ2n) is 8.40. The molecule has 2 aromatic heterocycles. The van der Waals surface area contributed by atoms with Crippen molar-refractivity contribution in [2.75, 3.05) is 17.2 Å². The Kier molecular flexibility index (Phi) is 6.87. The molecule has 0 saturated carbocycles. The van der Waals surface area contributed by atoms with Crippen LogP contribution < -0.4 is 15.4 Å². The molecule has 4 rings (SSSR count). The lowest BCUT2D eigenvalue weighted by molar-refractivity contribution is 0.101. The van der Waals surface area contributed by atoms with Gasteiger partial charge >= 0.3 is 6.03 Å². The number of para-hydroxylation sites is 2. The third-order valence-electron chi connectivity index (χ3n) is 5.25. The molecule has 0 bridgehead atoms. The highest BCUT2D eigenvalue weighted by Crippen LogP contribution is 2.25. The maximum Gasteiger partial charge on any atom is 0.326 e. The van der Waals surface area contributed by atoms with Gasteiger partial charge in [0, 0.05) is 17.3 Å². The number of rotatable bonds is 8. The van der Waals surface area contributed by atoms with Gasteiger partial charge in [0.25, 0.3) is 5.95 Å². The summed E-state index contributed by atoms with van der Waals surface area (Å²) in [5.74, 6) is 1.32. The highest BCUT2D eigenvalue weighted by atomic mass is 16.5. The molecule has 0 atom stereocenters. The molecule has 0 saturated heterocycles. The summed E-state index contributed by atoms with van der Waals surface area (Å²) < 4.78 is 7.42. The first kappa shape index (κ1) is 23.0. The third kappa shape index (κ3) is 5.58. The number of carbonyl (C=O) groups is 2. The zero-order valence-electron chi connectivity index (χ0n) is 19.4. The van der Waals surface area contributed by atoms with Crippen LogP contribution in [0.5, 0.6) is 5.75 Å². The number of carbonyl (C=O) groups excluding carboxylic acids is 2. The number of urea groups is 1. The molecule has 0 aliphatic carbocycles. The highest BCUT2D eigenvalue weighted by molar-refractivity contribution is 5.99. The Morgan fingerprint density at radius 1 is 1.00 bits per heavy atom. The first-order chi connectivity index (χ1) is 16.4. The van der Waals surface area contributed by atoms with Gasteiger partial charge in [-0.25, -0.2) is 9.31 Å². The van der Waals surface area contributed by atoms with Gasteiger partial charge in [0.05, 0.1) is 12.3 Å². The molecule has 2 amide bonds. The predicted octanol–water partition coefficient (Wildman–Crippen LogP) is 5.67. The van der Waals surface area contributed by atoms with E-state index in [-0.39, 0.29) is 11.7 Å². The van der Waals surface area contributed by atoms with Crippen LogP contribution in [0.2, 0.25) is 0 Å². The average Bonchev–Trinajstić information content (AvgIpc) is 3.21. The van der Waals surface area contributed by atoms with Gasteiger partial charge in [0.2, 0.25) is 0 Å². The summed E-state index contributed by atoms with van der Waals surface area (Å²) in [6, 6.07) is 17.9. The summed E-state index contributed by atoms with van der Waals surface area (Å²) in [5.41, 5.74) is 3.57. The van der Waals surface area contributed by atoms with Gasteiger partial charge < -0.3 is 10.1 Å². The maximum absolute atomic E-state index is 12.6. The molecule has 2 aromatic carbocycles. The molecule has 0 aliphatic rings. The molecule has 2 N–H and O–H groups in total. The van der Waals surface area contributed by atoms with Crippen LogP contribution in [0.4, 0.5) is 16.4 Å². The van der Waals surface area contributed by atoms with Crippen molar-refractivity contribution < 1.29 is 14.3 Å². The van der Waals surface area contributed by atoms with Crippen LogP contribution in [0.25, 0.3) is 16.8 Å². The molecule has 4 aromatic rings. The zero-order valence-corrected chi connectivity index (χ0v) is 19.4. The summed E-state index contributed by atoms with van der Waals surface area (Å²) in [6.45, 7) is 6.38. The van der Waals surface area contributed by atoms with E-state index in [0.29, 0.717) is 35.2 Å². The smallest absolute Gasteiger partial charge is 0.326 e. The van der Waals surface area contributed by atoms with Crippen LogP contribution in [0, 0.1) is 5.92 Å². The number of ether oxygens (including phenoxy) is 1. The summed E-state index contributed by atoms with van der Waals surface area (Å²) >= 11 is 0. The summed E-state index contributed by atoms with van der Waals surface area (Å²) in [6.07, 6.45) is 2.73. The highest BCUT2D eigenvalue weighted by Gasteiger charge is 2.12. The van der Waals surface area contributed by atoms with E-state index in [4.69, 9.17) is 4.74 Å². The van der Waals surface area contributed by atoms with Crippen LogP contribution in [0.3, 0.4) is 0 Å². The molecule has 0 aliphatic heterocycles. The van der Waals surface area contributed by atoms with Crippen molar-refractivity contribution in [1.29, 1.82) is 0 Å². The lowest BCUT2D eigenvalue weighted by Crippen LogP contribution is -2.20. The fourth-order valence-electron chi connectivity index (χ4n) is 3.38. The third-order valence-corrected chi connectivity index (χ3v) is 5.25. The second-order valence-corrected chi connectivity index (χ2v) is 8.40. The molecule has 0 unspecified atom stereocenters. The van der Waals surface area contributed by atoms with Gasteiger partial charge in [-0.3, -0.25) is 10.1 Å². The number of fused-ring (bicyclic) bond motifs is 1. The normalized spacial score (nSPS) is 10.9. The van der Waals surface area contributed by atoms with Crippen molar-refractivity contribution in [1.82, 2.24) is 14.6 Å². The molecule has 8 nitrogen and oxygen atoms in total. The van der Waals surface area contributed by atoms with E-state index in [0.717, 1.165) is 17.5 Å². The minimum absolute atomic E-state index is 0.00748. The Balaban J connectivity index is 1.46. The van der Waals surface area contributed by atoms with Gasteiger partial charge in [0.15, 0.2) is 11.4 Å². The SMILES string of the molecule is CC(=O)c1cccc(-c2ccc3nc(NC(=O)Nc4ccccc4OCCC(C)C)nn3c2)c1. The Bertz CT molecular complexity index is 1330. The molecule has 34 heavy (non-hydrogen) atoms. The predicted molar refractivity (Wildman–Crippen MR) is 132 cm³/mol. The van der Waals surface area contributed by atoms with Gasteiger partial charge in [-0.2, -0.15) is 4.98 Å². The summed E-state index contributed by atoms with van der Waals surface area (Å²) in [7, 11) is 0. The Morgan fingerprint density at radius 3 is 2.62 bits per heavy atom. The lowest BCUT2D eigenvalue weighted by atomic mass is 10.0. The Morgan fingerprint density at radius 2 is 1.82 bits per heavy atom. The largest absolute Gasteiger partial charge is 0.491 e. The molecular formula is C26H27N5O3. The topological polar surface area (TPSA) is 97.6 Å². The van der Waals surface area contributed by atoms with E-state index in [1.165, 1.54) is 0 Å². The number of anilines is 2. The van der Waals surface area contributed by atoms with Crippen molar-refractivity contribution in [3.8, 4) is 16.9 Å². The van der Waals surface area contributed by atoms with Crippen molar-refractivity contribution >= 4 is 29.1 Å².